The van der Waals surface area contributed by atoms with Crippen LogP contribution >= 0.6 is 0 Å². The highest BCUT2D eigenvalue weighted by molar-refractivity contribution is 5.90. The number of carbonyl (C=O) groups excluding carboxylic acids is 1. The molecule has 0 aliphatic carbocycles. The van der Waals surface area contributed by atoms with E-state index in [2.05, 4.69) is 15.2 Å². The number of hydrogen-bond donors (Lipinski definition) is 1. The number of ether oxygens (including phenoxy) is 2. The minimum atomic E-state index is -0.181. The second-order valence-electron chi connectivity index (χ2n) is 3.59. The minimum Gasteiger partial charge on any atom is -0.377 e. The van der Waals surface area contributed by atoms with Crippen molar-refractivity contribution in [3.05, 3.63) is 12.2 Å². The Morgan fingerprint density at radius 1 is 1.44 bits per heavy atom. The van der Waals surface area contributed by atoms with Crippen LogP contribution in [0.2, 0.25) is 0 Å². The zero-order valence-corrected chi connectivity index (χ0v) is 9.21. The number of rotatable bonds is 3. The molecule has 7 heteroatoms. The van der Waals surface area contributed by atoms with Gasteiger partial charge in [0.25, 0.3) is 5.91 Å². The zero-order chi connectivity index (χ0) is 11.5. The van der Waals surface area contributed by atoms with Crippen LogP contribution in [0.15, 0.2) is 6.33 Å². The monoisotopic (exact) mass is 226 g/mol. The molecular weight excluding hydrogens is 212 g/mol. The van der Waals surface area contributed by atoms with Crippen molar-refractivity contribution in [3.8, 4) is 0 Å². The number of hydrogen-bond acceptors (Lipinski definition) is 5. The van der Waals surface area contributed by atoms with E-state index in [-0.39, 0.29) is 23.9 Å². The van der Waals surface area contributed by atoms with Crippen molar-refractivity contribution in [1.29, 1.82) is 0 Å². The van der Waals surface area contributed by atoms with E-state index in [4.69, 9.17) is 9.47 Å². The van der Waals surface area contributed by atoms with Gasteiger partial charge in [0.2, 0.25) is 5.82 Å². The molecule has 2 unspecified atom stereocenters. The van der Waals surface area contributed by atoms with Gasteiger partial charge in [-0.2, -0.15) is 5.10 Å². The Hall–Kier alpha value is -1.47. The molecule has 1 saturated heterocycles. The Morgan fingerprint density at radius 3 is 2.50 bits per heavy atom. The van der Waals surface area contributed by atoms with E-state index in [1.165, 1.54) is 6.33 Å². The Bertz CT molecular complexity index is 342. The Labute approximate surface area is 92.7 Å². The van der Waals surface area contributed by atoms with E-state index >= 15 is 0 Å². The summed E-state index contributed by atoms with van der Waals surface area (Å²) in [5.41, 5.74) is 0. The quantitative estimate of drug-likeness (QED) is 0.736. The molecule has 0 radical (unpaired) electrons. The number of aromatic amines is 1. The molecule has 1 aromatic rings. The SMILES string of the molecule is COC1CN(C(=O)c2ncn[nH]2)CC1OC. The molecule has 2 heterocycles. The van der Waals surface area contributed by atoms with Crippen molar-refractivity contribution >= 4 is 5.91 Å². The third kappa shape index (κ3) is 1.91. The highest BCUT2D eigenvalue weighted by atomic mass is 16.5. The molecule has 2 rings (SSSR count). The van der Waals surface area contributed by atoms with E-state index < -0.39 is 0 Å². The lowest BCUT2D eigenvalue weighted by molar-refractivity contribution is -0.00461. The maximum absolute atomic E-state index is 11.9. The van der Waals surface area contributed by atoms with Crippen LogP contribution in [0.25, 0.3) is 0 Å². The first-order valence-corrected chi connectivity index (χ1v) is 4.96. The summed E-state index contributed by atoms with van der Waals surface area (Å²) in [5.74, 6) is 0.0608. The van der Waals surface area contributed by atoms with Gasteiger partial charge in [-0.25, -0.2) is 4.98 Å². The molecule has 16 heavy (non-hydrogen) atoms. The summed E-state index contributed by atoms with van der Waals surface area (Å²) in [6.45, 7) is 1.02. The second kappa shape index (κ2) is 4.58. The highest BCUT2D eigenvalue weighted by Crippen LogP contribution is 2.16. The van der Waals surface area contributed by atoms with Gasteiger partial charge in [0.1, 0.15) is 18.5 Å². The molecule has 1 aliphatic rings. The van der Waals surface area contributed by atoms with Gasteiger partial charge in [-0.05, 0) is 0 Å². The molecule has 1 aromatic heterocycles. The van der Waals surface area contributed by atoms with Crippen LogP contribution in [0.4, 0.5) is 0 Å². The number of H-pyrrole nitrogens is 1. The van der Waals surface area contributed by atoms with Gasteiger partial charge in [0, 0.05) is 27.3 Å². The summed E-state index contributed by atoms with van der Waals surface area (Å²) in [6.07, 6.45) is 1.14. The molecular formula is C9H14N4O3. The van der Waals surface area contributed by atoms with Crippen LogP contribution in [0, 0.1) is 0 Å². The van der Waals surface area contributed by atoms with E-state index in [1.807, 2.05) is 0 Å². The molecule has 2 atom stereocenters. The van der Waals surface area contributed by atoms with Crippen LogP contribution < -0.4 is 0 Å². The first-order valence-electron chi connectivity index (χ1n) is 4.96. The molecule has 0 saturated carbocycles. The number of carbonyl (C=O) groups is 1. The van der Waals surface area contributed by atoms with Crippen molar-refractivity contribution in [2.45, 2.75) is 12.2 Å². The predicted octanol–water partition coefficient (Wildman–Crippen LogP) is -0.709. The fourth-order valence-corrected chi connectivity index (χ4v) is 1.82. The molecule has 0 bridgehead atoms. The van der Waals surface area contributed by atoms with Crippen molar-refractivity contribution < 1.29 is 14.3 Å². The Kier molecular flexibility index (Phi) is 3.16. The first-order chi connectivity index (χ1) is 7.76. The molecule has 1 fully saturated rings. The minimum absolute atomic E-state index is 0.0862. The fraction of sp³-hybridized carbons (Fsp3) is 0.667. The Morgan fingerprint density at radius 2 is 2.06 bits per heavy atom. The van der Waals surface area contributed by atoms with E-state index in [0.717, 1.165) is 0 Å². The number of aromatic nitrogens is 3. The maximum atomic E-state index is 11.9. The third-order valence-corrected chi connectivity index (χ3v) is 2.73. The topological polar surface area (TPSA) is 80.3 Å². The van der Waals surface area contributed by atoms with Crippen LogP contribution in [0.3, 0.4) is 0 Å². The smallest absolute Gasteiger partial charge is 0.291 e. The van der Waals surface area contributed by atoms with Gasteiger partial charge in [-0.15, -0.1) is 0 Å². The average molecular weight is 226 g/mol. The van der Waals surface area contributed by atoms with Crippen molar-refractivity contribution in [2.24, 2.45) is 0 Å². The maximum Gasteiger partial charge on any atom is 0.291 e. The number of nitrogens with zero attached hydrogens (tertiary/aromatic N) is 3. The van der Waals surface area contributed by atoms with Gasteiger partial charge >= 0.3 is 0 Å². The summed E-state index contributed by atoms with van der Waals surface area (Å²) in [7, 11) is 3.22. The summed E-state index contributed by atoms with van der Waals surface area (Å²) in [6, 6.07) is 0. The van der Waals surface area contributed by atoms with Crippen LogP contribution in [-0.2, 0) is 9.47 Å². The average Bonchev–Trinajstić information content (AvgIpc) is 2.96. The van der Waals surface area contributed by atoms with Crippen LogP contribution in [0.5, 0.6) is 0 Å². The number of amides is 1. The molecule has 7 nitrogen and oxygen atoms in total. The van der Waals surface area contributed by atoms with Crippen molar-refractivity contribution in [2.75, 3.05) is 27.3 Å². The summed E-state index contributed by atoms with van der Waals surface area (Å²) < 4.78 is 10.5. The van der Waals surface area contributed by atoms with Crippen molar-refractivity contribution in [3.63, 3.8) is 0 Å². The molecule has 0 aromatic carbocycles. The van der Waals surface area contributed by atoms with Gasteiger partial charge < -0.3 is 14.4 Å². The lowest BCUT2D eigenvalue weighted by Crippen LogP contribution is -2.30. The van der Waals surface area contributed by atoms with Gasteiger partial charge in [0.05, 0.1) is 0 Å². The Balaban J connectivity index is 2.05. The standard InChI is InChI=1S/C9H14N4O3/c1-15-6-3-13(4-7(6)16-2)9(14)8-10-5-11-12-8/h5-7H,3-4H2,1-2H3,(H,10,11,12). The number of methoxy groups -OCH3 is 2. The largest absolute Gasteiger partial charge is 0.377 e. The van der Waals surface area contributed by atoms with Crippen LogP contribution in [0.1, 0.15) is 10.6 Å². The summed E-state index contributed by atoms with van der Waals surface area (Å²) in [5, 5.41) is 6.19. The van der Waals surface area contributed by atoms with Gasteiger partial charge in [-0.1, -0.05) is 0 Å². The molecule has 88 valence electrons. The zero-order valence-electron chi connectivity index (χ0n) is 9.21. The first kappa shape index (κ1) is 11.0. The van der Waals surface area contributed by atoms with E-state index in [0.29, 0.717) is 13.1 Å². The molecule has 1 aliphatic heterocycles. The second-order valence-corrected chi connectivity index (χ2v) is 3.59. The summed E-state index contributed by atoms with van der Waals surface area (Å²) >= 11 is 0. The number of nitrogens with one attached hydrogen (secondary N) is 1. The highest BCUT2D eigenvalue weighted by Gasteiger charge is 2.36. The lowest BCUT2D eigenvalue weighted by atomic mass is 10.3. The van der Waals surface area contributed by atoms with Crippen molar-refractivity contribution in [1.82, 2.24) is 20.1 Å². The predicted molar refractivity (Wildman–Crippen MR) is 53.9 cm³/mol. The fourth-order valence-electron chi connectivity index (χ4n) is 1.82. The molecule has 0 spiro atoms. The van der Waals surface area contributed by atoms with E-state index in [1.54, 1.807) is 19.1 Å². The molecule has 1 amide bonds. The van der Waals surface area contributed by atoms with Crippen LogP contribution in [-0.4, -0.2) is 65.5 Å². The molecule has 1 N–H and O–H groups in total. The van der Waals surface area contributed by atoms with E-state index in [9.17, 15) is 4.79 Å². The summed E-state index contributed by atoms with van der Waals surface area (Å²) in [4.78, 5) is 17.4. The van der Waals surface area contributed by atoms with Gasteiger partial charge in [-0.3, -0.25) is 9.89 Å². The third-order valence-electron chi connectivity index (χ3n) is 2.73. The lowest BCUT2D eigenvalue weighted by Gasteiger charge is -2.13. The van der Waals surface area contributed by atoms with Gasteiger partial charge in [0.15, 0.2) is 0 Å². The normalized spacial score (nSPS) is 25.0. The number of likely N-dealkylation sites (tertiary alicyclic amines) is 1.